The number of hydrogen-bond acceptors (Lipinski definition) is 3. The molecule has 0 aliphatic carbocycles. The predicted octanol–water partition coefficient (Wildman–Crippen LogP) is 2.33. The van der Waals surface area contributed by atoms with Crippen LogP contribution in [0.25, 0.3) is 0 Å². The minimum Gasteiger partial charge on any atom is -0.365 e. The van der Waals surface area contributed by atoms with Gasteiger partial charge < -0.3 is 10.6 Å². The second kappa shape index (κ2) is 4.29. The number of benzene rings is 1. The van der Waals surface area contributed by atoms with Crippen LogP contribution in [0.1, 0.15) is 36.8 Å². The van der Waals surface area contributed by atoms with Crippen LogP contribution in [0.5, 0.6) is 0 Å². The van der Waals surface area contributed by atoms with E-state index in [2.05, 4.69) is 23.1 Å². The lowest BCUT2D eigenvalue weighted by molar-refractivity contribution is 0.414. The van der Waals surface area contributed by atoms with Gasteiger partial charge in [-0.05, 0) is 56.4 Å². The van der Waals surface area contributed by atoms with Crippen molar-refractivity contribution in [3.8, 4) is 6.07 Å². The molecule has 0 spiro atoms. The molecule has 2 bridgehead atoms. The van der Waals surface area contributed by atoms with Crippen LogP contribution in [0.4, 0.5) is 5.69 Å². The molecule has 18 heavy (non-hydrogen) atoms. The summed E-state index contributed by atoms with van der Waals surface area (Å²) in [5.41, 5.74) is 9.22. The van der Waals surface area contributed by atoms with E-state index >= 15 is 0 Å². The van der Waals surface area contributed by atoms with E-state index in [1.807, 2.05) is 13.0 Å². The van der Waals surface area contributed by atoms with Crippen LogP contribution in [-0.2, 0) is 0 Å². The topological polar surface area (TPSA) is 53.0 Å². The Morgan fingerprint density at radius 2 is 1.94 bits per heavy atom. The highest BCUT2D eigenvalue weighted by molar-refractivity contribution is 5.56. The minimum atomic E-state index is 0.373. The number of nitrogens with zero attached hydrogens (tertiary/aromatic N) is 2. The molecule has 3 heteroatoms. The molecule has 2 fully saturated rings. The van der Waals surface area contributed by atoms with Gasteiger partial charge in [0.1, 0.15) is 0 Å². The lowest BCUT2D eigenvalue weighted by Crippen LogP contribution is -2.47. The van der Waals surface area contributed by atoms with Crippen molar-refractivity contribution < 1.29 is 0 Å². The first-order valence-electron chi connectivity index (χ1n) is 6.73. The summed E-state index contributed by atoms with van der Waals surface area (Å²) in [6, 6.07) is 10.00. The summed E-state index contributed by atoms with van der Waals surface area (Å²) < 4.78 is 0. The van der Waals surface area contributed by atoms with Crippen LogP contribution >= 0.6 is 0 Å². The van der Waals surface area contributed by atoms with Gasteiger partial charge in [0, 0.05) is 23.8 Å². The Morgan fingerprint density at radius 1 is 1.28 bits per heavy atom. The Labute approximate surface area is 108 Å². The van der Waals surface area contributed by atoms with Gasteiger partial charge in [-0.15, -0.1) is 0 Å². The minimum absolute atomic E-state index is 0.373. The van der Waals surface area contributed by atoms with E-state index in [0.29, 0.717) is 18.1 Å². The van der Waals surface area contributed by atoms with Crippen LogP contribution in [0.2, 0.25) is 0 Å². The summed E-state index contributed by atoms with van der Waals surface area (Å²) in [4.78, 5) is 2.54. The Balaban J connectivity index is 1.92. The highest BCUT2D eigenvalue weighted by Gasteiger charge is 2.39. The van der Waals surface area contributed by atoms with Gasteiger partial charge in [0.05, 0.1) is 11.6 Å². The van der Waals surface area contributed by atoms with Gasteiger partial charge in [-0.1, -0.05) is 0 Å². The van der Waals surface area contributed by atoms with Gasteiger partial charge >= 0.3 is 0 Å². The standard InChI is InChI=1S/C15H19N3/c1-10-6-13(3-2-11(10)9-16)18-14-4-5-15(18)8-12(17)7-14/h2-3,6,12,14-15H,4-5,7-8,17H2,1H3. The molecule has 2 saturated heterocycles. The van der Waals surface area contributed by atoms with Crippen molar-refractivity contribution in [1.29, 1.82) is 5.26 Å². The Hall–Kier alpha value is -1.53. The molecule has 3 nitrogen and oxygen atoms in total. The molecular formula is C15H19N3. The molecule has 0 aromatic heterocycles. The average molecular weight is 241 g/mol. The van der Waals surface area contributed by atoms with Gasteiger partial charge in [0.2, 0.25) is 0 Å². The van der Waals surface area contributed by atoms with E-state index in [4.69, 9.17) is 11.0 Å². The Morgan fingerprint density at radius 3 is 2.50 bits per heavy atom. The third-order valence-corrected chi connectivity index (χ3v) is 4.40. The summed E-state index contributed by atoms with van der Waals surface area (Å²) in [5.74, 6) is 0. The highest BCUT2D eigenvalue weighted by atomic mass is 15.2. The molecule has 2 aliphatic rings. The fourth-order valence-electron chi connectivity index (χ4n) is 3.57. The Kier molecular flexibility index (Phi) is 2.76. The smallest absolute Gasteiger partial charge is 0.0994 e. The number of nitrogens with two attached hydrogens (primary N) is 1. The molecule has 1 aromatic rings. The molecule has 0 radical (unpaired) electrons. The quantitative estimate of drug-likeness (QED) is 0.821. The summed E-state index contributed by atoms with van der Waals surface area (Å²) in [6.07, 6.45) is 4.74. The summed E-state index contributed by atoms with van der Waals surface area (Å²) in [7, 11) is 0. The van der Waals surface area contributed by atoms with Gasteiger partial charge in [0.15, 0.2) is 0 Å². The fraction of sp³-hybridized carbons (Fsp3) is 0.533. The van der Waals surface area contributed by atoms with Crippen LogP contribution in [-0.4, -0.2) is 18.1 Å². The van der Waals surface area contributed by atoms with E-state index in [1.165, 1.54) is 18.5 Å². The van der Waals surface area contributed by atoms with Crippen LogP contribution in [0.3, 0.4) is 0 Å². The highest BCUT2D eigenvalue weighted by Crippen LogP contribution is 2.39. The zero-order chi connectivity index (χ0) is 12.7. The van der Waals surface area contributed by atoms with Gasteiger partial charge in [0.25, 0.3) is 0 Å². The maximum absolute atomic E-state index is 8.99. The van der Waals surface area contributed by atoms with E-state index < -0.39 is 0 Å². The zero-order valence-electron chi connectivity index (χ0n) is 10.8. The van der Waals surface area contributed by atoms with Crippen molar-refractivity contribution in [2.24, 2.45) is 5.73 Å². The van der Waals surface area contributed by atoms with Gasteiger partial charge in [-0.3, -0.25) is 0 Å². The van der Waals surface area contributed by atoms with Crippen molar-refractivity contribution in [3.05, 3.63) is 29.3 Å². The first-order valence-corrected chi connectivity index (χ1v) is 6.73. The van der Waals surface area contributed by atoms with E-state index in [-0.39, 0.29) is 0 Å². The number of fused-ring (bicyclic) bond motifs is 2. The van der Waals surface area contributed by atoms with Crippen LogP contribution < -0.4 is 10.6 Å². The largest absolute Gasteiger partial charge is 0.365 e. The first-order chi connectivity index (χ1) is 8.69. The molecule has 1 aromatic carbocycles. The summed E-state index contributed by atoms with van der Waals surface area (Å²) in [6.45, 7) is 2.01. The van der Waals surface area contributed by atoms with Crippen molar-refractivity contribution in [3.63, 3.8) is 0 Å². The molecule has 0 amide bonds. The first kappa shape index (κ1) is 11.6. The number of aryl methyl sites for hydroxylation is 1. The number of hydrogen-bond donors (Lipinski definition) is 1. The molecule has 0 saturated carbocycles. The third kappa shape index (κ3) is 1.77. The lowest BCUT2D eigenvalue weighted by Gasteiger charge is -2.39. The SMILES string of the molecule is Cc1cc(N2C3CCC2CC(N)C3)ccc1C#N. The van der Waals surface area contributed by atoms with E-state index in [9.17, 15) is 0 Å². The lowest BCUT2D eigenvalue weighted by atomic mass is 9.96. The molecule has 3 rings (SSSR count). The molecular weight excluding hydrogens is 222 g/mol. The van der Waals surface area contributed by atoms with Crippen molar-refractivity contribution in [2.75, 3.05) is 4.90 Å². The summed E-state index contributed by atoms with van der Waals surface area (Å²) in [5, 5.41) is 8.99. The van der Waals surface area contributed by atoms with Crippen molar-refractivity contribution in [2.45, 2.75) is 50.7 Å². The predicted molar refractivity (Wildman–Crippen MR) is 72.4 cm³/mol. The van der Waals surface area contributed by atoms with Crippen molar-refractivity contribution >= 4 is 5.69 Å². The van der Waals surface area contributed by atoms with Crippen LogP contribution in [0, 0.1) is 18.3 Å². The summed E-state index contributed by atoms with van der Waals surface area (Å²) >= 11 is 0. The second-order valence-corrected chi connectivity index (χ2v) is 5.63. The molecule has 2 N–H and O–H groups in total. The fourth-order valence-corrected chi connectivity index (χ4v) is 3.57. The monoisotopic (exact) mass is 241 g/mol. The normalized spacial score (nSPS) is 30.3. The van der Waals surface area contributed by atoms with E-state index in [1.54, 1.807) is 0 Å². The Bertz CT molecular complexity index is 489. The molecule has 2 aliphatic heterocycles. The zero-order valence-corrected chi connectivity index (χ0v) is 10.8. The molecule has 2 heterocycles. The number of piperidine rings is 1. The number of anilines is 1. The molecule has 94 valence electrons. The number of rotatable bonds is 1. The molecule has 2 atom stereocenters. The van der Waals surface area contributed by atoms with E-state index in [0.717, 1.165) is 24.0 Å². The van der Waals surface area contributed by atoms with Gasteiger partial charge in [-0.2, -0.15) is 5.26 Å². The van der Waals surface area contributed by atoms with Crippen molar-refractivity contribution in [1.82, 2.24) is 0 Å². The second-order valence-electron chi connectivity index (χ2n) is 5.63. The number of nitriles is 1. The maximum atomic E-state index is 8.99. The molecule has 2 unspecified atom stereocenters. The van der Waals surface area contributed by atoms with Gasteiger partial charge in [-0.25, -0.2) is 0 Å². The van der Waals surface area contributed by atoms with Crippen LogP contribution in [0.15, 0.2) is 18.2 Å². The maximum Gasteiger partial charge on any atom is 0.0994 e. The third-order valence-electron chi connectivity index (χ3n) is 4.40. The average Bonchev–Trinajstić information content (AvgIpc) is 2.61.